The van der Waals surface area contributed by atoms with Crippen LogP contribution < -0.4 is 5.32 Å². The molecule has 0 saturated carbocycles. The molecule has 1 aliphatic rings. The maximum absolute atomic E-state index is 5.45. The van der Waals surface area contributed by atoms with Crippen LogP contribution in [0.2, 0.25) is 0 Å². The second kappa shape index (κ2) is 3.71. The molecule has 1 saturated heterocycles. The molecule has 1 fully saturated rings. The highest BCUT2D eigenvalue weighted by Gasteiger charge is 2.35. The van der Waals surface area contributed by atoms with Gasteiger partial charge in [-0.05, 0) is 0 Å². The van der Waals surface area contributed by atoms with Gasteiger partial charge >= 0.3 is 0 Å². The Morgan fingerprint density at radius 2 is 2.57 bits per heavy atom. The molecule has 0 aromatic carbocycles. The number of hydrogen-bond donors (Lipinski definition) is 2. The number of H-pyrrole nitrogens is 1. The second-order valence-corrected chi connectivity index (χ2v) is 4.51. The summed E-state index contributed by atoms with van der Waals surface area (Å²) in [7, 11) is 0. The topological polar surface area (TPSA) is 49.9 Å². The van der Waals surface area contributed by atoms with Gasteiger partial charge in [0.2, 0.25) is 0 Å². The Balaban J connectivity index is 1.86. The van der Waals surface area contributed by atoms with E-state index in [4.69, 9.17) is 4.74 Å². The van der Waals surface area contributed by atoms with Crippen LogP contribution in [0, 0.1) is 5.41 Å². The largest absolute Gasteiger partial charge is 0.379 e. The van der Waals surface area contributed by atoms with Crippen molar-refractivity contribution in [3.05, 3.63) is 18.2 Å². The number of hydrogen-bond acceptors (Lipinski definition) is 3. The lowest BCUT2D eigenvalue weighted by molar-refractivity contribution is 0.166. The summed E-state index contributed by atoms with van der Waals surface area (Å²) in [5.41, 5.74) is 1.35. The van der Waals surface area contributed by atoms with Crippen molar-refractivity contribution >= 4 is 0 Å². The first-order valence-electron chi connectivity index (χ1n) is 4.97. The molecule has 78 valence electrons. The average molecular weight is 195 g/mol. The molecule has 1 aromatic rings. The normalized spacial score (nSPS) is 25.4. The van der Waals surface area contributed by atoms with Crippen LogP contribution in [0.15, 0.2) is 12.5 Å². The Labute approximate surface area is 84.1 Å². The number of aromatic amines is 1. The molecule has 0 radical (unpaired) electrons. The highest BCUT2D eigenvalue weighted by molar-refractivity contribution is 4.96. The summed E-state index contributed by atoms with van der Waals surface area (Å²) in [6, 6.07) is 0.436. The van der Waals surface area contributed by atoms with Crippen molar-refractivity contribution in [2.75, 3.05) is 13.2 Å². The van der Waals surface area contributed by atoms with E-state index in [0.29, 0.717) is 6.04 Å². The minimum Gasteiger partial charge on any atom is -0.379 e. The molecule has 2 N–H and O–H groups in total. The van der Waals surface area contributed by atoms with Gasteiger partial charge in [0.05, 0.1) is 19.5 Å². The number of imidazole rings is 1. The standard InChI is InChI=1S/C10H17N3O/c1-10(2)6-14-5-9(10)12-4-8-3-11-7-13-8/h3,7,9,12H,4-6H2,1-2H3,(H,11,13). The van der Waals surface area contributed by atoms with Gasteiger partial charge in [-0.25, -0.2) is 4.98 Å². The van der Waals surface area contributed by atoms with E-state index in [9.17, 15) is 0 Å². The van der Waals surface area contributed by atoms with Crippen molar-refractivity contribution in [1.82, 2.24) is 15.3 Å². The molecule has 0 bridgehead atoms. The summed E-state index contributed by atoms with van der Waals surface area (Å²) in [6.07, 6.45) is 3.54. The smallest absolute Gasteiger partial charge is 0.0922 e. The number of aromatic nitrogens is 2. The maximum Gasteiger partial charge on any atom is 0.0922 e. The number of nitrogens with one attached hydrogen (secondary N) is 2. The Kier molecular flexibility index (Phi) is 2.56. The fourth-order valence-electron chi connectivity index (χ4n) is 1.72. The molecule has 0 aliphatic carbocycles. The summed E-state index contributed by atoms with van der Waals surface area (Å²) in [5, 5.41) is 3.48. The number of ether oxygens (including phenoxy) is 1. The lowest BCUT2D eigenvalue weighted by Gasteiger charge is -2.25. The van der Waals surface area contributed by atoms with E-state index in [1.54, 1.807) is 6.33 Å². The highest BCUT2D eigenvalue weighted by atomic mass is 16.5. The molecule has 1 aliphatic heterocycles. The molecular formula is C10H17N3O. The van der Waals surface area contributed by atoms with Crippen molar-refractivity contribution < 1.29 is 4.74 Å². The summed E-state index contributed by atoms with van der Waals surface area (Å²) in [4.78, 5) is 7.05. The molecule has 1 aromatic heterocycles. The Morgan fingerprint density at radius 3 is 3.14 bits per heavy atom. The maximum atomic E-state index is 5.45. The zero-order valence-corrected chi connectivity index (χ0v) is 8.71. The first-order valence-corrected chi connectivity index (χ1v) is 4.97. The van der Waals surface area contributed by atoms with E-state index >= 15 is 0 Å². The summed E-state index contributed by atoms with van der Waals surface area (Å²) < 4.78 is 5.45. The predicted molar refractivity (Wildman–Crippen MR) is 53.8 cm³/mol. The molecule has 14 heavy (non-hydrogen) atoms. The van der Waals surface area contributed by atoms with Crippen molar-refractivity contribution in [1.29, 1.82) is 0 Å². The lowest BCUT2D eigenvalue weighted by Crippen LogP contribution is -2.40. The van der Waals surface area contributed by atoms with Crippen LogP contribution in [0.4, 0.5) is 0 Å². The molecule has 1 unspecified atom stereocenters. The Hall–Kier alpha value is -0.870. The van der Waals surface area contributed by atoms with Crippen LogP contribution in [0.3, 0.4) is 0 Å². The van der Waals surface area contributed by atoms with Crippen molar-refractivity contribution in [2.24, 2.45) is 5.41 Å². The Bertz CT molecular complexity index is 282. The van der Waals surface area contributed by atoms with Gasteiger partial charge in [0.15, 0.2) is 0 Å². The van der Waals surface area contributed by atoms with Gasteiger partial charge in [0.25, 0.3) is 0 Å². The van der Waals surface area contributed by atoms with Crippen LogP contribution in [-0.2, 0) is 11.3 Å². The summed E-state index contributed by atoms with van der Waals surface area (Å²) in [5.74, 6) is 0. The van der Waals surface area contributed by atoms with Crippen molar-refractivity contribution in [3.63, 3.8) is 0 Å². The van der Waals surface area contributed by atoms with E-state index in [-0.39, 0.29) is 5.41 Å². The number of nitrogens with zero attached hydrogens (tertiary/aromatic N) is 1. The zero-order chi connectivity index (χ0) is 10.0. The van der Waals surface area contributed by atoms with Crippen molar-refractivity contribution in [3.8, 4) is 0 Å². The molecule has 0 amide bonds. The van der Waals surface area contributed by atoms with Gasteiger partial charge < -0.3 is 15.0 Å². The zero-order valence-electron chi connectivity index (χ0n) is 8.71. The molecule has 4 heteroatoms. The summed E-state index contributed by atoms with van der Waals surface area (Å²) >= 11 is 0. The quantitative estimate of drug-likeness (QED) is 0.754. The monoisotopic (exact) mass is 195 g/mol. The van der Waals surface area contributed by atoms with Gasteiger partial charge in [-0.3, -0.25) is 0 Å². The van der Waals surface area contributed by atoms with Crippen LogP contribution >= 0.6 is 0 Å². The van der Waals surface area contributed by atoms with Crippen LogP contribution in [-0.4, -0.2) is 29.2 Å². The second-order valence-electron chi connectivity index (χ2n) is 4.51. The minimum atomic E-state index is 0.236. The first-order chi connectivity index (χ1) is 6.68. The van der Waals surface area contributed by atoms with Gasteiger partial charge in [-0.2, -0.15) is 0 Å². The fourth-order valence-corrected chi connectivity index (χ4v) is 1.72. The van der Waals surface area contributed by atoms with Gasteiger partial charge in [-0.15, -0.1) is 0 Å². The van der Waals surface area contributed by atoms with E-state index in [2.05, 4.69) is 29.1 Å². The predicted octanol–water partition coefficient (Wildman–Crippen LogP) is 0.924. The Morgan fingerprint density at radius 1 is 1.71 bits per heavy atom. The SMILES string of the molecule is CC1(C)COCC1NCc1cnc[nH]1. The third kappa shape index (κ3) is 1.96. The van der Waals surface area contributed by atoms with E-state index in [1.807, 2.05) is 6.20 Å². The molecule has 1 atom stereocenters. The molecule has 0 spiro atoms. The van der Waals surface area contributed by atoms with Gasteiger partial charge in [0.1, 0.15) is 0 Å². The van der Waals surface area contributed by atoms with Gasteiger partial charge in [-0.1, -0.05) is 13.8 Å². The molecular weight excluding hydrogens is 178 g/mol. The van der Waals surface area contributed by atoms with Crippen molar-refractivity contribution in [2.45, 2.75) is 26.4 Å². The third-order valence-electron chi connectivity index (χ3n) is 2.80. The third-order valence-corrected chi connectivity index (χ3v) is 2.80. The van der Waals surface area contributed by atoms with E-state index < -0.39 is 0 Å². The van der Waals surface area contributed by atoms with Gasteiger partial charge in [0, 0.05) is 29.9 Å². The minimum absolute atomic E-state index is 0.236. The molecule has 2 heterocycles. The van der Waals surface area contributed by atoms with E-state index in [1.165, 1.54) is 0 Å². The molecule has 4 nitrogen and oxygen atoms in total. The lowest BCUT2D eigenvalue weighted by atomic mass is 9.88. The van der Waals surface area contributed by atoms with Crippen LogP contribution in [0.1, 0.15) is 19.5 Å². The molecule has 2 rings (SSSR count). The number of rotatable bonds is 3. The summed E-state index contributed by atoms with van der Waals surface area (Å²) in [6.45, 7) is 6.93. The highest BCUT2D eigenvalue weighted by Crippen LogP contribution is 2.27. The average Bonchev–Trinajstić information content (AvgIpc) is 2.71. The van der Waals surface area contributed by atoms with Crippen LogP contribution in [0.25, 0.3) is 0 Å². The van der Waals surface area contributed by atoms with E-state index in [0.717, 1.165) is 25.5 Å². The van der Waals surface area contributed by atoms with Crippen LogP contribution in [0.5, 0.6) is 0 Å². The fraction of sp³-hybridized carbons (Fsp3) is 0.700. The first kappa shape index (κ1) is 9.68.